The highest BCUT2D eigenvalue weighted by Gasteiger charge is 2.34. The molecule has 3 nitrogen and oxygen atoms in total. The third kappa shape index (κ3) is 3.15. The summed E-state index contributed by atoms with van der Waals surface area (Å²) in [5.74, 6) is 0.896. The number of rotatable bonds is 4. The molecule has 1 atom stereocenters. The zero-order valence-electron chi connectivity index (χ0n) is 11.1. The van der Waals surface area contributed by atoms with Gasteiger partial charge in [-0.15, -0.1) is 0 Å². The third-order valence-electron chi connectivity index (χ3n) is 3.86. The number of halogens is 1. The molecule has 1 N–H and O–H groups in total. The molecule has 1 aliphatic rings. The summed E-state index contributed by atoms with van der Waals surface area (Å²) in [7, 11) is 0. The van der Waals surface area contributed by atoms with Gasteiger partial charge in [0.05, 0.1) is 10.6 Å². The van der Waals surface area contributed by atoms with E-state index in [9.17, 15) is 0 Å². The summed E-state index contributed by atoms with van der Waals surface area (Å²) >= 11 is 5.83. The Morgan fingerprint density at radius 1 is 1.44 bits per heavy atom. The molecule has 2 heterocycles. The van der Waals surface area contributed by atoms with Crippen LogP contribution in [0.5, 0.6) is 0 Å². The Morgan fingerprint density at radius 3 is 2.83 bits per heavy atom. The van der Waals surface area contributed by atoms with Gasteiger partial charge in [0.25, 0.3) is 0 Å². The average molecular weight is 269 g/mol. The van der Waals surface area contributed by atoms with E-state index in [4.69, 9.17) is 16.3 Å². The second-order valence-electron chi connectivity index (χ2n) is 4.93. The van der Waals surface area contributed by atoms with Crippen LogP contribution in [0.4, 0.5) is 5.82 Å². The van der Waals surface area contributed by atoms with Crippen LogP contribution in [0, 0.1) is 0 Å². The van der Waals surface area contributed by atoms with Crippen molar-refractivity contribution < 1.29 is 4.74 Å². The molecule has 0 aliphatic carbocycles. The van der Waals surface area contributed by atoms with E-state index in [0.29, 0.717) is 11.1 Å². The summed E-state index contributed by atoms with van der Waals surface area (Å²) in [6.45, 7) is 5.23. The van der Waals surface area contributed by atoms with E-state index in [1.54, 1.807) is 6.20 Å². The van der Waals surface area contributed by atoms with E-state index in [1.165, 1.54) is 0 Å². The molecule has 100 valence electrons. The summed E-state index contributed by atoms with van der Waals surface area (Å²) < 4.78 is 5.97. The van der Waals surface area contributed by atoms with Gasteiger partial charge in [-0.2, -0.15) is 0 Å². The highest BCUT2D eigenvalue weighted by molar-refractivity contribution is 6.30. The second-order valence-corrected chi connectivity index (χ2v) is 5.37. The molecule has 0 aromatic carbocycles. The highest BCUT2D eigenvalue weighted by atomic mass is 35.5. The number of aromatic nitrogens is 1. The van der Waals surface area contributed by atoms with Crippen LogP contribution in [-0.4, -0.2) is 23.2 Å². The van der Waals surface area contributed by atoms with Gasteiger partial charge >= 0.3 is 0 Å². The van der Waals surface area contributed by atoms with Crippen molar-refractivity contribution >= 4 is 17.4 Å². The predicted octanol–water partition coefficient (Wildman–Crippen LogP) is 3.88. The Balaban J connectivity index is 1.99. The van der Waals surface area contributed by atoms with E-state index in [0.717, 1.165) is 38.1 Å². The molecule has 1 aromatic heterocycles. The number of hydrogen-bond acceptors (Lipinski definition) is 3. The Kier molecular flexibility index (Phi) is 4.46. The Hall–Kier alpha value is -0.800. The van der Waals surface area contributed by atoms with E-state index in [2.05, 4.69) is 24.1 Å². The van der Waals surface area contributed by atoms with Crippen LogP contribution < -0.4 is 5.32 Å². The molecule has 0 radical (unpaired) electrons. The second kappa shape index (κ2) is 5.89. The van der Waals surface area contributed by atoms with E-state index in [1.807, 2.05) is 12.1 Å². The number of nitrogens with zero attached hydrogens (tertiary/aromatic N) is 1. The minimum Gasteiger partial charge on any atom is -0.375 e. The fourth-order valence-electron chi connectivity index (χ4n) is 2.56. The maximum absolute atomic E-state index is 5.97. The molecule has 18 heavy (non-hydrogen) atoms. The molecule has 1 saturated heterocycles. The molecule has 4 heteroatoms. The molecular formula is C14H21ClN2O. The first-order valence-electron chi connectivity index (χ1n) is 6.69. The van der Waals surface area contributed by atoms with Gasteiger partial charge in [0, 0.05) is 18.8 Å². The third-order valence-corrected chi connectivity index (χ3v) is 4.08. The van der Waals surface area contributed by atoms with Crippen molar-refractivity contribution in [2.24, 2.45) is 0 Å². The van der Waals surface area contributed by atoms with Crippen LogP contribution in [0.15, 0.2) is 18.3 Å². The van der Waals surface area contributed by atoms with Gasteiger partial charge < -0.3 is 10.1 Å². The minimum atomic E-state index is 0.0440. The van der Waals surface area contributed by atoms with E-state index >= 15 is 0 Å². The van der Waals surface area contributed by atoms with Gasteiger partial charge in [-0.1, -0.05) is 25.4 Å². The van der Waals surface area contributed by atoms with Gasteiger partial charge in [0.2, 0.25) is 0 Å². The van der Waals surface area contributed by atoms with E-state index < -0.39 is 0 Å². The molecule has 1 aliphatic heterocycles. The van der Waals surface area contributed by atoms with Crippen LogP contribution in [-0.2, 0) is 4.74 Å². The maximum Gasteiger partial charge on any atom is 0.126 e. The summed E-state index contributed by atoms with van der Waals surface area (Å²) in [6, 6.07) is 4.23. The first kappa shape index (κ1) is 13.6. The standard InChI is InChI=1S/C14H21ClN2O/c1-3-14(4-2)9-12(7-8-18-14)17-13-6-5-11(15)10-16-13/h5-6,10,12H,3-4,7-9H2,1-2H3,(H,16,17). The molecule has 1 aromatic rings. The van der Waals surface area contributed by atoms with Gasteiger partial charge in [0.15, 0.2) is 0 Å². The Morgan fingerprint density at radius 2 is 2.22 bits per heavy atom. The number of pyridine rings is 1. The Labute approximate surface area is 114 Å². The normalized spacial score (nSPS) is 22.7. The van der Waals surface area contributed by atoms with Crippen molar-refractivity contribution in [3.63, 3.8) is 0 Å². The van der Waals surface area contributed by atoms with Gasteiger partial charge in [0.1, 0.15) is 5.82 Å². The number of nitrogens with one attached hydrogen (secondary N) is 1. The summed E-state index contributed by atoms with van der Waals surface area (Å²) in [5, 5.41) is 4.15. The zero-order valence-corrected chi connectivity index (χ0v) is 11.8. The molecule has 1 fully saturated rings. The maximum atomic E-state index is 5.97. The molecule has 2 rings (SSSR count). The van der Waals surface area contributed by atoms with Crippen molar-refractivity contribution in [1.29, 1.82) is 0 Å². The van der Waals surface area contributed by atoms with Crippen LogP contribution in [0.3, 0.4) is 0 Å². The monoisotopic (exact) mass is 268 g/mol. The number of ether oxygens (including phenoxy) is 1. The minimum absolute atomic E-state index is 0.0440. The van der Waals surface area contributed by atoms with Gasteiger partial charge in [-0.3, -0.25) is 0 Å². The average Bonchev–Trinajstić information content (AvgIpc) is 2.41. The van der Waals surface area contributed by atoms with Gasteiger partial charge in [-0.05, 0) is 37.8 Å². The van der Waals surface area contributed by atoms with Crippen molar-refractivity contribution in [3.05, 3.63) is 23.4 Å². The van der Waals surface area contributed by atoms with Crippen LogP contribution in [0.25, 0.3) is 0 Å². The molecule has 0 spiro atoms. The van der Waals surface area contributed by atoms with Gasteiger partial charge in [-0.25, -0.2) is 4.98 Å². The fourth-order valence-corrected chi connectivity index (χ4v) is 2.68. The molecular weight excluding hydrogens is 248 g/mol. The van der Waals surface area contributed by atoms with Crippen LogP contribution >= 0.6 is 11.6 Å². The van der Waals surface area contributed by atoms with Crippen molar-refractivity contribution in [1.82, 2.24) is 4.98 Å². The Bertz CT molecular complexity index is 376. The summed E-state index contributed by atoms with van der Waals surface area (Å²) in [5.41, 5.74) is 0.0440. The van der Waals surface area contributed by atoms with Crippen molar-refractivity contribution in [2.75, 3.05) is 11.9 Å². The smallest absolute Gasteiger partial charge is 0.126 e. The summed E-state index contributed by atoms with van der Waals surface area (Å²) in [6.07, 6.45) is 5.89. The molecule has 0 bridgehead atoms. The predicted molar refractivity (Wildman–Crippen MR) is 75.2 cm³/mol. The van der Waals surface area contributed by atoms with Crippen molar-refractivity contribution in [3.8, 4) is 0 Å². The SMILES string of the molecule is CCC1(CC)CC(Nc2ccc(Cl)cn2)CCO1. The fraction of sp³-hybridized carbons (Fsp3) is 0.643. The topological polar surface area (TPSA) is 34.2 Å². The first-order chi connectivity index (χ1) is 8.67. The first-order valence-corrected chi connectivity index (χ1v) is 7.07. The molecule has 1 unspecified atom stereocenters. The lowest BCUT2D eigenvalue weighted by Gasteiger charge is -2.40. The van der Waals surface area contributed by atoms with Crippen molar-refractivity contribution in [2.45, 2.75) is 51.2 Å². The summed E-state index contributed by atoms with van der Waals surface area (Å²) in [4.78, 5) is 4.29. The highest BCUT2D eigenvalue weighted by Crippen LogP contribution is 2.32. The lowest BCUT2D eigenvalue weighted by molar-refractivity contribution is -0.0864. The van der Waals surface area contributed by atoms with Crippen LogP contribution in [0.1, 0.15) is 39.5 Å². The lowest BCUT2D eigenvalue weighted by atomic mass is 9.86. The number of anilines is 1. The zero-order chi connectivity index (χ0) is 13.0. The lowest BCUT2D eigenvalue weighted by Crippen LogP contribution is -2.43. The largest absolute Gasteiger partial charge is 0.375 e. The quantitative estimate of drug-likeness (QED) is 0.900. The molecule has 0 amide bonds. The molecule has 0 saturated carbocycles. The number of hydrogen-bond donors (Lipinski definition) is 1. The van der Waals surface area contributed by atoms with Crippen LogP contribution in [0.2, 0.25) is 5.02 Å². The van der Waals surface area contributed by atoms with E-state index in [-0.39, 0.29) is 5.60 Å².